The zero-order valence-corrected chi connectivity index (χ0v) is 12.6. The van der Waals surface area contributed by atoms with E-state index in [1.165, 1.54) is 11.8 Å². The molecule has 0 unspecified atom stereocenters. The van der Waals surface area contributed by atoms with E-state index in [2.05, 4.69) is 25.3 Å². The van der Waals surface area contributed by atoms with Crippen molar-refractivity contribution >= 4 is 17.6 Å². The van der Waals surface area contributed by atoms with Crippen LogP contribution in [-0.4, -0.2) is 33.6 Å². The first-order valence-corrected chi connectivity index (χ1v) is 7.11. The molecule has 0 saturated heterocycles. The molecule has 7 heteroatoms. The summed E-state index contributed by atoms with van der Waals surface area (Å²) in [6.07, 6.45) is 1.74. The smallest absolute Gasteiger partial charge is 0.194 e. The number of ether oxygens (including phenoxy) is 1. The number of aryl methyl sites for hydroxylation is 1. The monoisotopic (exact) mass is 291 g/mol. The molecule has 0 amide bonds. The van der Waals surface area contributed by atoms with E-state index < -0.39 is 0 Å². The van der Waals surface area contributed by atoms with Gasteiger partial charge in [0.2, 0.25) is 0 Å². The summed E-state index contributed by atoms with van der Waals surface area (Å²) in [7, 11) is 1.62. The third-order valence-corrected chi connectivity index (χ3v) is 3.15. The van der Waals surface area contributed by atoms with Gasteiger partial charge in [-0.15, -0.1) is 0 Å². The summed E-state index contributed by atoms with van der Waals surface area (Å²) in [6, 6.07) is 3.75. The third-order valence-electron chi connectivity index (χ3n) is 2.35. The van der Waals surface area contributed by atoms with Crippen molar-refractivity contribution < 1.29 is 4.74 Å². The molecule has 0 aliphatic carbocycles. The van der Waals surface area contributed by atoms with Crippen LogP contribution >= 0.6 is 11.8 Å². The van der Waals surface area contributed by atoms with Crippen molar-refractivity contribution in [3.8, 4) is 0 Å². The zero-order chi connectivity index (χ0) is 14.4. The number of nitrogens with one attached hydrogen (secondary N) is 1. The van der Waals surface area contributed by atoms with Gasteiger partial charge in [-0.05, 0) is 31.7 Å². The molecular formula is C13H17N5OS. The Labute approximate surface area is 122 Å². The van der Waals surface area contributed by atoms with Crippen LogP contribution in [0.2, 0.25) is 0 Å². The van der Waals surface area contributed by atoms with Gasteiger partial charge in [0.1, 0.15) is 17.5 Å². The van der Waals surface area contributed by atoms with Crippen molar-refractivity contribution in [3.63, 3.8) is 0 Å². The number of methoxy groups -OCH3 is 1. The van der Waals surface area contributed by atoms with Crippen molar-refractivity contribution in [2.75, 3.05) is 19.0 Å². The van der Waals surface area contributed by atoms with E-state index in [4.69, 9.17) is 4.74 Å². The summed E-state index contributed by atoms with van der Waals surface area (Å²) in [4.78, 5) is 17.4. The fourth-order valence-corrected chi connectivity index (χ4v) is 2.37. The third kappa shape index (κ3) is 4.14. The molecule has 0 aliphatic rings. The molecule has 2 rings (SSSR count). The van der Waals surface area contributed by atoms with Crippen LogP contribution < -0.4 is 5.32 Å². The summed E-state index contributed by atoms with van der Waals surface area (Å²) in [5.74, 6) is 1.42. The maximum absolute atomic E-state index is 5.09. The fraction of sp³-hybridized carbons (Fsp3) is 0.385. The summed E-state index contributed by atoms with van der Waals surface area (Å²) in [5.41, 5.74) is 0.931. The molecule has 0 atom stereocenters. The molecule has 1 N–H and O–H groups in total. The van der Waals surface area contributed by atoms with Gasteiger partial charge in [-0.2, -0.15) is 0 Å². The van der Waals surface area contributed by atoms with E-state index in [1.54, 1.807) is 13.3 Å². The van der Waals surface area contributed by atoms with Crippen LogP contribution in [0.3, 0.4) is 0 Å². The van der Waals surface area contributed by atoms with E-state index in [1.807, 2.05) is 26.0 Å². The Hall–Kier alpha value is -1.73. The Morgan fingerprint density at radius 1 is 1.30 bits per heavy atom. The van der Waals surface area contributed by atoms with E-state index >= 15 is 0 Å². The van der Waals surface area contributed by atoms with Gasteiger partial charge in [0.25, 0.3) is 0 Å². The number of anilines is 1. The van der Waals surface area contributed by atoms with Gasteiger partial charge in [-0.3, -0.25) is 0 Å². The van der Waals surface area contributed by atoms with Crippen LogP contribution in [0.1, 0.15) is 18.4 Å². The first kappa shape index (κ1) is 14.7. The highest BCUT2D eigenvalue weighted by Crippen LogP contribution is 2.24. The largest absolute Gasteiger partial charge is 0.377 e. The Kier molecular flexibility index (Phi) is 5.25. The molecule has 20 heavy (non-hydrogen) atoms. The average molecular weight is 291 g/mol. The molecule has 0 radical (unpaired) electrons. The second-order valence-corrected chi connectivity index (χ2v) is 5.04. The predicted octanol–water partition coefficient (Wildman–Crippen LogP) is 2.30. The van der Waals surface area contributed by atoms with Crippen LogP contribution in [0.25, 0.3) is 0 Å². The number of hydrogen-bond acceptors (Lipinski definition) is 7. The van der Waals surface area contributed by atoms with Crippen molar-refractivity contribution in [1.82, 2.24) is 19.9 Å². The lowest BCUT2D eigenvalue weighted by molar-refractivity contribution is 0.177. The molecule has 0 aliphatic heterocycles. The van der Waals surface area contributed by atoms with Crippen molar-refractivity contribution in [2.24, 2.45) is 0 Å². The van der Waals surface area contributed by atoms with E-state index in [0.717, 1.165) is 23.1 Å². The summed E-state index contributed by atoms with van der Waals surface area (Å²) < 4.78 is 5.09. The van der Waals surface area contributed by atoms with Crippen LogP contribution in [0.15, 0.2) is 28.5 Å². The minimum Gasteiger partial charge on any atom is -0.377 e. The number of rotatable bonds is 6. The molecule has 2 aromatic rings. The first-order valence-electron chi connectivity index (χ1n) is 6.29. The van der Waals surface area contributed by atoms with Gasteiger partial charge in [0, 0.05) is 31.6 Å². The Balaban J connectivity index is 2.25. The summed E-state index contributed by atoms with van der Waals surface area (Å²) in [6.45, 7) is 5.14. The van der Waals surface area contributed by atoms with Gasteiger partial charge in [0.15, 0.2) is 11.0 Å². The molecule has 2 heterocycles. The van der Waals surface area contributed by atoms with Gasteiger partial charge in [-0.25, -0.2) is 19.9 Å². The number of nitrogens with zero attached hydrogens (tertiary/aromatic N) is 4. The maximum Gasteiger partial charge on any atom is 0.194 e. The lowest BCUT2D eigenvalue weighted by Crippen LogP contribution is -2.05. The molecule has 0 spiro atoms. The summed E-state index contributed by atoms with van der Waals surface area (Å²) in [5, 5.41) is 4.66. The maximum atomic E-state index is 5.09. The Bertz CT molecular complexity index is 554. The first-order chi connectivity index (χ1) is 9.71. The van der Waals surface area contributed by atoms with Crippen molar-refractivity contribution in [3.05, 3.63) is 29.8 Å². The zero-order valence-electron chi connectivity index (χ0n) is 11.8. The standard InChI is InChI=1S/C13H17N5OS/c1-4-14-10-7-12(18-11(17-10)8-19-3)20-13-15-6-5-9(2)16-13/h5-7H,4,8H2,1-3H3,(H,14,17,18). The van der Waals surface area contributed by atoms with Crippen LogP contribution in [0.5, 0.6) is 0 Å². The van der Waals surface area contributed by atoms with Gasteiger partial charge >= 0.3 is 0 Å². The van der Waals surface area contributed by atoms with Crippen molar-refractivity contribution in [2.45, 2.75) is 30.6 Å². The topological polar surface area (TPSA) is 72.8 Å². The van der Waals surface area contributed by atoms with Gasteiger partial charge in [0.05, 0.1) is 0 Å². The number of aromatic nitrogens is 4. The van der Waals surface area contributed by atoms with Crippen LogP contribution in [-0.2, 0) is 11.3 Å². The van der Waals surface area contributed by atoms with E-state index in [9.17, 15) is 0 Å². The van der Waals surface area contributed by atoms with E-state index in [-0.39, 0.29) is 0 Å². The SMILES string of the molecule is CCNc1cc(Sc2nccc(C)n2)nc(COC)n1. The second-order valence-electron chi connectivity index (χ2n) is 4.05. The number of hydrogen-bond donors (Lipinski definition) is 1. The molecule has 0 bridgehead atoms. The highest BCUT2D eigenvalue weighted by molar-refractivity contribution is 7.99. The highest BCUT2D eigenvalue weighted by atomic mass is 32.2. The van der Waals surface area contributed by atoms with Gasteiger partial charge < -0.3 is 10.1 Å². The molecule has 106 valence electrons. The lowest BCUT2D eigenvalue weighted by atomic mass is 10.5. The van der Waals surface area contributed by atoms with Crippen LogP contribution in [0, 0.1) is 6.92 Å². The van der Waals surface area contributed by atoms with Gasteiger partial charge in [-0.1, -0.05) is 0 Å². The lowest BCUT2D eigenvalue weighted by Gasteiger charge is -2.07. The average Bonchev–Trinajstić information content (AvgIpc) is 2.39. The molecule has 0 aromatic carbocycles. The van der Waals surface area contributed by atoms with Crippen LogP contribution in [0.4, 0.5) is 5.82 Å². The minimum absolute atomic E-state index is 0.376. The minimum atomic E-state index is 0.376. The quantitative estimate of drug-likeness (QED) is 0.646. The highest BCUT2D eigenvalue weighted by Gasteiger charge is 2.07. The summed E-state index contributed by atoms with van der Waals surface area (Å²) >= 11 is 1.41. The molecule has 0 saturated carbocycles. The van der Waals surface area contributed by atoms with Crippen molar-refractivity contribution in [1.29, 1.82) is 0 Å². The predicted molar refractivity (Wildman–Crippen MR) is 77.8 cm³/mol. The second kappa shape index (κ2) is 7.16. The molecule has 6 nitrogen and oxygen atoms in total. The molecule has 0 fully saturated rings. The normalized spacial score (nSPS) is 10.6. The Morgan fingerprint density at radius 3 is 2.85 bits per heavy atom. The fourth-order valence-electron chi connectivity index (χ4n) is 1.56. The molecular weight excluding hydrogens is 274 g/mol. The molecule has 2 aromatic heterocycles. The Morgan fingerprint density at radius 2 is 2.15 bits per heavy atom. The van der Waals surface area contributed by atoms with E-state index in [0.29, 0.717) is 17.6 Å².